The van der Waals surface area contributed by atoms with Crippen LogP contribution in [0.15, 0.2) is 51.7 Å². The average Bonchev–Trinajstić information content (AvgIpc) is 2.83. The molecule has 0 amide bonds. The lowest BCUT2D eigenvalue weighted by Gasteiger charge is -2.33. The molecule has 0 radical (unpaired) electrons. The van der Waals surface area contributed by atoms with Gasteiger partial charge < -0.3 is 38.7 Å². The van der Waals surface area contributed by atoms with E-state index in [0.29, 0.717) is 17.1 Å². The highest BCUT2D eigenvalue weighted by Crippen LogP contribution is 2.45. The molecule has 2 unspecified atom stereocenters. The van der Waals surface area contributed by atoms with Gasteiger partial charge in [0.25, 0.3) is 0 Å². The molecule has 5 rings (SSSR count). The Hall–Kier alpha value is -4.11. The number of aliphatic hydroxyl groups excluding tert-OH is 1. The van der Waals surface area contributed by atoms with E-state index in [4.69, 9.17) is 23.4 Å². The summed E-state index contributed by atoms with van der Waals surface area (Å²) in [6.45, 7) is -0.393. The summed E-state index contributed by atoms with van der Waals surface area (Å²) in [5, 5.41) is 30.4. The van der Waals surface area contributed by atoms with Gasteiger partial charge in [-0.25, -0.2) is 0 Å². The fourth-order valence-corrected chi connectivity index (χ4v) is 3.99. The van der Waals surface area contributed by atoms with Gasteiger partial charge >= 0.3 is 0 Å². The SMILES string of the molecule is COc1cc(O)c2c(=O)c3ccc4c(c3oc2c1)OC(CO)C(c1ccc(O)c(OC)c1)O4. The molecule has 2 heterocycles. The first-order valence-electron chi connectivity index (χ1n) is 10.1. The topological polar surface area (TPSA) is 128 Å². The van der Waals surface area contributed by atoms with Gasteiger partial charge in [-0.1, -0.05) is 6.07 Å². The summed E-state index contributed by atoms with van der Waals surface area (Å²) in [6.07, 6.45) is -1.55. The molecular weight excluding hydrogens is 432 g/mol. The normalized spacial score (nSPS) is 17.3. The van der Waals surface area contributed by atoms with Crippen molar-refractivity contribution in [2.24, 2.45) is 0 Å². The summed E-state index contributed by atoms with van der Waals surface area (Å²) < 4.78 is 28.5. The number of aromatic hydroxyl groups is 2. The first-order valence-corrected chi connectivity index (χ1v) is 10.1. The second-order valence-corrected chi connectivity index (χ2v) is 7.53. The van der Waals surface area contributed by atoms with Crippen LogP contribution >= 0.6 is 0 Å². The van der Waals surface area contributed by atoms with Crippen LogP contribution in [0.3, 0.4) is 0 Å². The van der Waals surface area contributed by atoms with E-state index in [-0.39, 0.29) is 44.9 Å². The van der Waals surface area contributed by atoms with E-state index in [2.05, 4.69) is 0 Å². The largest absolute Gasteiger partial charge is 0.507 e. The Labute approximate surface area is 186 Å². The molecule has 4 aromatic rings. The third-order valence-electron chi connectivity index (χ3n) is 5.62. The quantitative estimate of drug-likeness (QED) is 0.400. The Bertz CT molecular complexity index is 1440. The Morgan fingerprint density at radius 1 is 0.970 bits per heavy atom. The molecule has 9 heteroatoms. The van der Waals surface area contributed by atoms with E-state index in [1.54, 1.807) is 18.2 Å². The number of rotatable bonds is 4. The van der Waals surface area contributed by atoms with E-state index in [1.165, 1.54) is 38.5 Å². The van der Waals surface area contributed by atoms with Crippen LogP contribution in [-0.2, 0) is 0 Å². The number of phenols is 2. The van der Waals surface area contributed by atoms with Crippen molar-refractivity contribution in [1.29, 1.82) is 0 Å². The lowest BCUT2D eigenvalue weighted by molar-refractivity contribution is -0.0117. The van der Waals surface area contributed by atoms with Crippen LogP contribution in [0.25, 0.3) is 21.9 Å². The number of hydrogen-bond donors (Lipinski definition) is 3. The Morgan fingerprint density at radius 3 is 2.52 bits per heavy atom. The molecule has 0 aliphatic carbocycles. The number of aliphatic hydroxyl groups is 1. The minimum Gasteiger partial charge on any atom is -0.507 e. The molecule has 1 aromatic heterocycles. The number of methoxy groups -OCH3 is 2. The maximum atomic E-state index is 13.1. The molecular formula is C24H20O9. The van der Waals surface area contributed by atoms with Gasteiger partial charge in [-0.2, -0.15) is 0 Å². The zero-order valence-corrected chi connectivity index (χ0v) is 17.7. The van der Waals surface area contributed by atoms with E-state index in [9.17, 15) is 20.1 Å². The van der Waals surface area contributed by atoms with Crippen molar-refractivity contribution in [3.05, 3.63) is 58.3 Å². The summed E-state index contributed by atoms with van der Waals surface area (Å²) in [6, 6.07) is 10.6. The molecule has 3 aromatic carbocycles. The van der Waals surface area contributed by atoms with Crippen LogP contribution in [0.4, 0.5) is 0 Å². The number of hydrogen-bond acceptors (Lipinski definition) is 9. The van der Waals surface area contributed by atoms with Crippen molar-refractivity contribution in [3.8, 4) is 34.5 Å². The lowest BCUT2D eigenvalue weighted by atomic mass is 10.0. The van der Waals surface area contributed by atoms with Crippen LogP contribution in [0.1, 0.15) is 11.7 Å². The number of phenolic OH excluding ortho intramolecular Hbond substituents is 2. The Morgan fingerprint density at radius 2 is 1.79 bits per heavy atom. The smallest absolute Gasteiger partial charge is 0.205 e. The monoisotopic (exact) mass is 452 g/mol. The van der Waals surface area contributed by atoms with Crippen molar-refractivity contribution in [1.82, 2.24) is 0 Å². The molecule has 0 fully saturated rings. The maximum Gasteiger partial charge on any atom is 0.205 e. The first kappa shape index (κ1) is 20.8. The van der Waals surface area contributed by atoms with Gasteiger partial charge in [-0.05, 0) is 24.3 Å². The molecule has 2 atom stereocenters. The van der Waals surface area contributed by atoms with E-state index in [1.807, 2.05) is 0 Å². The molecule has 9 nitrogen and oxygen atoms in total. The van der Waals surface area contributed by atoms with Gasteiger partial charge in [0, 0.05) is 17.7 Å². The van der Waals surface area contributed by atoms with Crippen LogP contribution in [0.2, 0.25) is 0 Å². The Balaban J connectivity index is 1.68. The van der Waals surface area contributed by atoms with Crippen LogP contribution < -0.4 is 24.4 Å². The maximum absolute atomic E-state index is 13.1. The van der Waals surface area contributed by atoms with E-state index < -0.39 is 24.2 Å². The molecule has 0 bridgehead atoms. The fourth-order valence-electron chi connectivity index (χ4n) is 3.99. The van der Waals surface area contributed by atoms with Gasteiger partial charge in [0.1, 0.15) is 22.5 Å². The van der Waals surface area contributed by atoms with Crippen molar-refractivity contribution < 1.29 is 38.7 Å². The fraction of sp³-hybridized carbons (Fsp3) is 0.208. The molecule has 33 heavy (non-hydrogen) atoms. The van der Waals surface area contributed by atoms with E-state index >= 15 is 0 Å². The van der Waals surface area contributed by atoms with Gasteiger partial charge in [-0.15, -0.1) is 0 Å². The second kappa shape index (κ2) is 7.79. The number of fused-ring (bicyclic) bond motifs is 4. The number of ether oxygens (including phenoxy) is 4. The van der Waals surface area contributed by atoms with Gasteiger partial charge in [-0.3, -0.25) is 4.79 Å². The molecule has 3 N–H and O–H groups in total. The molecule has 170 valence electrons. The highest BCUT2D eigenvalue weighted by atomic mass is 16.6. The highest BCUT2D eigenvalue weighted by molar-refractivity contribution is 5.96. The minimum absolute atomic E-state index is 0.0211. The predicted molar refractivity (Wildman–Crippen MR) is 118 cm³/mol. The Kier molecular flexibility index (Phi) is 4.90. The van der Waals surface area contributed by atoms with Crippen molar-refractivity contribution in [2.75, 3.05) is 20.8 Å². The van der Waals surface area contributed by atoms with Crippen molar-refractivity contribution in [3.63, 3.8) is 0 Å². The van der Waals surface area contributed by atoms with Crippen molar-refractivity contribution in [2.45, 2.75) is 12.2 Å². The van der Waals surface area contributed by atoms with Crippen LogP contribution in [0.5, 0.6) is 34.5 Å². The molecule has 0 saturated carbocycles. The van der Waals surface area contributed by atoms with E-state index in [0.717, 1.165) is 0 Å². The van der Waals surface area contributed by atoms with Crippen LogP contribution in [-0.4, -0.2) is 42.3 Å². The van der Waals surface area contributed by atoms with Gasteiger partial charge in [0.2, 0.25) is 11.2 Å². The summed E-state index contributed by atoms with van der Waals surface area (Å²) in [5.41, 5.74) is 0.415. The molecule has 1 aliphatic rings. The molecule has 1 aliphatic heterocycles. The first-order chi connectivity index (χ1) is 15.9. The molecule has 0 spiro atoms. The minimum atomic E-state index is -0.836. The summed E-state index contributed by atoms with van der Waals surface area (Å²) >= 11 is 0. The highest BCUT2D eigenvalue weighted by Gasteiger charge is 2.35. The molecule has 0 saturated heterocycles. The zero-order chi connectivity index (χ0) is 23.3. The van der Waals surface area contributed by atoms with Crippen molar-refractivity contribution >= 4 is 21.9 Å². The summed E-state index contributed by atoms with van der Waals surface area (Å²) in [4.78, 5) is 13.1. The summed E-state index contributed by atoms with van der Waals surface area (Å²) in [5.74, 6) is 0.748. The van der Waals surface area contributed by atoms with Crippen LogP contribution in [0, 0.1) is 0 Å². The second-order valence-electron chi connectivity index (χ2n) is 7.53. The zero-order valence-electron chi connectivity index (χ0n) is 17.7. The predicted octanol–water partition coefficient (Wildman–Crippen LogP) is 3.25. The third-order valence-corrected chi connectivity index (χ3v) is 5.62. The van der Waals surface area contributed by atoms with Gasteiger partial charge in [0.15, 0.2) is 35.0 Å². The summed E-state index contributed by atoms with van der Waals surface area (Å²) in [7, 11) is 2.87. The average molecular weight is 452 g/mol. The van der Waals surface area contributed by atoms with Gasteiger partial charge in [0.05, 0.1) is 26.2 Å². The number of benzene rings is 3. The standard InChI is InChI=1S/C24H20O9/c1-29-12-8-15(27)20-18(9-12)32-23-13(21(20)28)4-6-16-24(23)33-19(10-25)22(31-16)11-3-5-14(26)17(7-11)30-2/h3-9,19,22,25-27H,10H2,1-2H3. The third kappa shape index (κ3) is 3.25. The lowest BCUT2D eigenvalue weighted by Crippen LogP contribution is -2.36.